The van der Waals surface area contributed by atoms with E-state index in [0.29, 0.717) is 12.6 Å². The molecule has 3 nitrogen and oxygen atoms in total. The Bertz CT molecular complexity index is 424. The Balaban J connectivity index is 1.92. The van der Waals surface area contributed by atoms with Crippen LogP contribution in [-0.2, 0) is 10.3 Å². The van der Waals surface area contributed by atoms with Gasteiger partial charge in [0.25, 0.3) is 0 Å². The summed E-state index contributed by atoms with van der Waals surface area (Å²) in [4.78, 5) is 11.8. The predicted octanol–water partition coefficient (Wildman–Crippen LogP) is 2.55. The zero-order chi connectivity index (χ0) is 13.2. The molecule has 0 saturated heterocycles. The average molecular weight is 311 g/mol. The van der Waals surface area contributed by atoms with Crippen LogP contribution in [0.1, 0.15) is 32.3 Å². The summed E-state index contributed by atoms with van der Waals surface area (Å²) in [5.41, 5.74) is 0.758. The standard InChI is InChI=1S/C14H19BrN2O/c1-14(2,10-3-5-11(15)6-4-10)17-13(18)9-16-12-7-8-12/h3-6,12,16H,7-9H2,1-2H3,(H,17,18). The van der Waals surface area contributed by atoms with Crippen LogP contribution in [0.4, 0.5) is 0 Å². The van der Waals surface area contributed by atoms with Gasteiger partial charge in [-0.2, -0.15) is 0 Å². The van der Waals surface area contributed by atoms with Gasteiger partial charge in [0.2, 0.25) is 5.91 Å². The van der Waals surface area contributed by atoms with E-state index in [9.17, 15) is 4.79 Å². The molecule has 0 heterocycles. The van der Waals surface area contributed by atoms with Crippen molar-refractivity contribution in [3.8, 4) is 0 Å². The van der Waals surface area contributed by atoms with Gasteiger partial charge in [-0.25, -0.2) is 0 Å². The van der Waals surface area contributed by atoms with Crippen LogP contribution in [0.2, 0.25) is 0 Å². The molecular weight excluding hydrogens is 292 g/mol. The van der Waals surface area contributed by atoms with E-state index in [1.807, 2.05) is 38.1 Å². The third kappa shape index (κ3) is 3.82. The Hall–Kier alpha value is -0.870. The summed E-state index contributed by atoms with van der Waals surface area (Å²) in [5.74, 6) is 0.0508. The highest BCUT2D eigenvalue weighted by Crippen LogP contribution is 2.22. The van der Waals surface area contributed by atoms with Crippen LogP contribution in [0.5, 0.6) is 0 Å². The van der Waals surface area contributed by atoms with Crippen LogP contribution in [0.25, 0.3) is 0 Å². The maximum absolute atomic E-state index is 11.8. The van der Waals surface area contributed by atoms with E-state index in [0.717, 1.165) is 10.0 Å². The van der Waals surface area contributed by atoms with Crippen molar-refractivity contribution in [3.63, 3.8) is 0 Å². The van der Waals surface area contributed by atoms with E-state index >= 15 is 0 Å². The molecule has 1 aliphatic carbocycles. The van der Waals surface area contributed by atoms with Gasteiger partial charge in [0.15, 0.2) is 0 Å². The molecule has 1 aromatic rings. The lowest BCUT2D eigenvalue weighted by Gasteiger charge is -2.27. The molecule has 1 fully saturated rings. The molecule has 0 aliphatic heterocycles. The molecular formula is C14H19BrN2O. The minimum Gasteiger partial charge on any atom is -0.346 e. The molecule has 0 radical (unpaired) electrons. The topological polar surface area (TPSA) is 41.1 Å². The van der Waals surface area contributed by atoms with Crippen molar-refractivity contribution in [3.05, 3.63) is 34.3 Å². The Labute approximate surface area is 116 Å². The third-order valence-electron chi connectivity index (χ3n) is 3.15. The van der Waals surface area contributed by atoms with Gasteiger partial charge >= 0.3 is 0 Å². The lowest BCUT2D eigenvalue weighted by molar-refractivity contribution is -0.121. The quantitative estimate of drug-likeness (QED) is 0.877. The molecule has 0 bridgehead atoms. The van der Waals surface area contributed by atoms with Crippen molar-refractivity contribution in [1.82, 2.24) is 10.6 Å². The number of hydrogen-bond acceptors (Lipinski definition) is 2. The minimum atomic E-state index is -0.344. The summed E-state index contributed by atoms with van der Waals surface area (Å²) in [6.07, 6.45) is 2.40. The Morgan fingerprint density at radius 2 is 1.94 bits per heavy atom. The van der Waals surface area contributed by atoms with Crippen molar-refractivity contribution >= 4 is 21.8 Å². The summed E-state index contributed by atoms with van der Waals surface area (Å²) in [6.45, 7) is 4.45. The van der Waals surface area contributed by atoms with Crippen LogP contribution in [0.15, 0.2) is 28.7 Å². The fourth-order valence-corrected chi connectivity index (χ4v) is 2.12. The third-order valence-corrected chi connectivity index (χ3v) is 3.68. The second-order valence-corrected chi connectivity index (χ2v) is 6.25. The van der Waals surface area contributed by atoms with Crippen molar-refractivity contribution < 1.29 is 4.79 Å². The number of amides is 1. The molecule has 0 unspecified atom stereocenters. The molecule has 2 N–H and O–H groups in total. The second kappa shape index (κ2) is 5.41. The van der Waals surface area contributed by atoms with Crippen molar-refractivity contribution in [1.29, 1.82) is 0 Å². The van der Waals surface area contributed by atoms with Crippen LogP contribution >= 0.6 is 15.9 Å². The van der Waals surface area contributed by atoms with Crippen molar-refractivity contribution in [2.24, 2.45) is 0 Å². The molecule has 4 heteroatoms. The number of benzene rings is 1. The normalized spacial score (nSPS) is 15.5. The Morgan fingerprint density at radius 3 is 2.50 bits per heavy atom. The van der Waals surface area contributed by atoms with Crippen molar-refractivity contribution in [2.75, 3.05) is 6.54 Å². The van der Waals surface area contributed by atoms with E-state index in [1.54, 1.807) is 0 Å². The van der Waals surface area contributed by atoms with Gasteiger partial charge in [-0.15, -0.1) is 0 Å². The lowest BCUT2D eigenvalue weighted by Crippen LogP contribution is -2.45. The van der Waals surface area contributed by atoms with E-state index < -0.39 is 0 Å². The van der Waals surface area contributed by atoms with E-state index in [2.05, 4.69) is 26.6 Å². The molecule has 1 saturated carbocycles. The van der Waals surface area contributed by atoms with Crippen LogP contribution in [0, 0.1) is 0 Å². The lowest BCUT2D eigenvalue weighted by atomic mass is 9.94. The van der Waals surface area contributed by atoms with Gasteiger partial charge in [0, 0.05) is 10.5 Å². The minimum absolute atomic E-state index is 0.0508. The summed E-state index contributed by atoms with van der Waals surface area (Å²) in [6, 6.07) is 8.60. The number of carbonyl (C=O) groups excluding carboxylic acids is 1. The van der Waals surface area contributed by atoms with E-state index in [-0.39, 0.29) is 11.4 Å². The summed E-state index contributed by atoms with van der Waals surface area (Å²) >= 11 is 3.41. The zero-order valence-corrected chi connectivity index (χ0v) is 12.4. The molecule has 18 heavy (non-hydrogen) atoms. The fraction of sp³-hybridized carbons (Fsp3) is 0.500. The molecule has 1 aromatic carbocycles. The van der Waals surface area contributed by atoms with E-state index in [1.165, 1.54) is 12.8 Å². The molecule has 1 aliphatic rings. The predicted molar refractivity (Wildman–Crippen MR) is 76.3 cm³/mol. The first kappa shape index (κ1) is 13.6. The van der Waals surface area contributed by atoms with E-state index in [4.69, 9.17) is 0 Å². The monoisotopic (exact) mass is 310 g/mol. The number of carbonyl (C=O) groups is 1. The first-order valence-electron chi connectivity index (χ1n) is 6.28. The first-order valence-corrected chi connectivity index (χ1v) is 7.07. The smallest absolute Gasteiger partial charge is 0.234 e. The van der Waals surface area contributed by atoms with Gasteiger partial charge in [0.1, 0.15) is 0 Å². The van der Waals surface area contributed by atoms with Crippen LogP contribution < -0.4 is 10.6 Å². The second-order valence-electron chi connectivity index (χ2n) is 5.34. The molecule has 0 aromatic heterocycles. The zero-order valence-electron chi connectivity index (χ0n) is 10.8. The van der Waals surface area contributed by atoms with Gasteiger partial charge < -0.3 is 10.6 Å². The number of halogens is 1. The highest BCUT2D eigenvalue weighted by molar-refractivity contribution is 9.10. The summed E-state index contributed by atoms with van der Waals surface area (Å²) in [7, 11) is 0. The van der Waals surface area contributed by atoms with Crippen LogP contribution in [-0.4, -0.2) is 18.5 Å². The molecule has 2 rings (SSSR count). The molecule has 1 amide bonds. The van der Waals surface area contributed by atoms with Crippen LogP contribution in [0.3, 0.4) is 0 Å². The largest absolute Gasteiger partial charge is 0.346 e. The van der Waals surface area contributed by atoms with Gasteiger partial charge in [-0.1, -0.05) is 28.1 Å². The Morgan fingerprint density at radius 1 is 1.33 bits per heavy atom. The summed E-state index contributed by atoms with van der Waals surface area (Å²) < 4.78 is 1.05. The highest BCUT2D eigenvalue weighted by atomic mass is 79.9. The highest BCUT2D eigenvalue weighted by Gasteiger charge is 2.25. The fourth-order valence-electron chi connectivity index (χ4n) is 1.86. The first-order chi connectivity index (χ1) is 8.47. The Kier molecular flexibility index (Phi) is 4.07. The maximum atomic E-state index is 11.8. The number of rotatable bonds is 5. The number of nitrogens with one attached hydrogen (secondary N) is 2. The SMILES string of the molecule is CC(C)(NC(=O)CNC1CC1)c1ccc(Br)cc1. The molecule has 98 valence electrons. The number of hydrogen-bond donors (Lipinski definition) is 2. The molecule has 0 atom stereocenters. The molecule has 0 spiro atoms. The van der Waals surface area contributed by atoms with Crippen molar-refractivity contribution in [2.45, 2.75) is 38.3 Å². The average Bonchev–Trinajstić information content (AvgIpc) is 3.10. The van der Waals surface area contributed by atoms with Gasteiger partial charge in [-0.3, -0.25) is 4.79 Å². The van der Waals surface area contributed by atoms with Gasteiger partial charge in [0.05, 0.1) is 12.1 Å². The maximum Gasteiger partial charge on any atom is 0.234 e. The summed E-state index contributed by atoms with van der Waals surface area (Å²) in [5, 5.41) is 6.28. The van der Waals surface area contributed by atoms with Gasteiger partial charge in [-0.05, 0) is 44.4 Å².